The maximum Gasteiger partial charge on any atom is -0.00489 e. The highest BCUT2D eigenvalue weighted by atomic mass is 14.8. The Bertz CT molecular complexity index is 319. The average Bonchev–Trinajstić information content (AvgIpc) is 2.89. The van der Waals surface area contributed by atoms with Crippen molar-refractivity contribution < 1.29 is 0 Å². The smallest absolute Gasteiger partial charge is 0.00489 e. The topological polar surface area (TPSA) is 12.0 Å². The molecule has 218 valence electrons. The largest absolute Gasteiger partial charge is 0.317 e. The van der Waals surface area contributed by atoms with Gasteiger partial charge < -0.3 is 5.32 Å². The SMILES string of the molecule is CCCCCCCCCCCCCCCCCCNCCCCCCCCCCCCCCCCC. The quantitative estimate of drug-likeness (QED) is 0.0870. The fraction of sp³-hybridized carbons (Fsp3) is 1.00. The Hall–Kier alpha value is -0.0400. The van der Waals surface area contributed by atoms with Crippen LogP contribution in [0.2, 0.25) is 0 Å². The molecule has 0 radical (unpaired) electrons. The van der Waals surface area contributed by atoms with Crippen molar-refractivity contribution in [3.05, 3.63) is 0 Å². The molecule has 0 amide bonds. The minimum absolute atomic E-state index is 1.25. The van der Waals surface area contributed by atoms with Crippen LogP contribution in [0.5, 0.6) is 0 Å². The zero-order valence-corrected chi connectivity index (χ0v) is 25.8. The molecule has 0 spiro atoms. The lowest BCUT2D eigenvalue weighted by Gasteiger charge is -2.06. The van der Waals surface area contributed by atoms with Crippen molar-refractivity contribution in [1.82, 2.24) is 5.32 Å². The van der Waals surface area contributed by atoms with Crippen LogP contribution in [-0.2, 0) is 0 Å². The van der Waals surface area contributed by atoms with E-state index in [2.05, 4.69) is 19.2 Å². The molecule has 0 fully saturated rings. The molecule has 1 nitrogen and oxygen atoms in total. The van der Waals surface area contributed by atoms with E-state index >= 15 is 0 Å². The molecule has 1 heteroatoms. The minimum Gasteiger partial charge on any atom is -0.317 e. The fourth-order valence-electron chi connectivity index (χ4n) is 5.54. The molecular formula is C35H73N. The summed E-state index contributed by atoms with van der Waals surface area (Å²) in [6.45, 7) is 7.11. The normalized spacial score (nSPS) is 11.5. The molecule has 0 rings (SSSR count). The van der Waals surface area contributed by atoms with Crippen molar-refractivity contribution in [2.45, 2.75) is 213 Å². The van der Waals surface area contributed by atoms with Gasteiger partial charge in [-0.05, 0) is 25.9 Å². The Kier molecular flexibility index (Phi) is 34.9. The van der Waals surface area contributed by atoms with Gasteiger partial charge in [0, 0.05) is 0 Å². The number of hydrogen-bond donors (Lipinski definition) is 1. The van der Waals surface area contributed by atoms with E-state index in [1.807, 2.05) is 0 Å². The predicted molar refractivity (Wildman–Crippen MR) is 167 cm³/mol. The molecule has 1 N–H and O–H groups in total. The standard InChI is InChI=1S/C35H73N/c1-3-5-7-9-11-13-15-17-19-21-23-25-27-29-31-33-35-36-34-32-30-28-26-24-22-20-18-16-14-12-10-8-6-4-2/h36H,3-35H2,1-2H3. The Labute approximate surface area is 231 Å². The maximum absolute atomic E-state index is 3.68. The van der Waals surface area contributed by atoms with Crippen LogP contribution in [0.15, 0.2) is 0 Å². The summed E-state index contributed by atoms with van der Waals surface area (Å²) in [6.07, 6.45) is 45.2. The van der Waals surface area contributed by atoms with Crippen LogP contribution < -0.4 is 5.32 Å². The van der Waals surface area contributed by atoms with Gasteiger partial charge in [-0.15, -0.1) is 0 Å². The van der Waals surface area contributed by atoms with Crippen molar-refractivity contribution in [3.63, 3.8) is 0 Å². The van der Waals surface area contributed by atoms with Gasteiger partial charge in [-0.25, -0.2) is 0 Å². The number of rotatable bonds is 33. The van der Waals surface area contributed by atoms with Crippen LogP contribution in [0.4, 0.5) is 0 Å². The van der Waals surface area contributed by atoms with Crippen molar-refractivity contribution >= 4 is 0 Å². The summed E-state index contributed by atoms with van der Waals surface area (Å²) < 4.78 is 0. The van der Waals surface area contributed by atoms with Gasteiger partial charge in [0.25, 0.3) is 0 Å². The third kappa shape index (κ3) is 34.0. The lowest BCUT2D eigenvalue weighted by molar-refractivity contribution is 0.516. The zero-order chi connectivity index (χ0) is 26.0. The molecule has 0 saturated heterocycles. The second kappa shape index (κ2) is 35.0. The van der Waals surface area contributed by atoms with Gasteiger partial charge in [-0.1, -0.05) is 200 Å². The van der Waals surface area contributed by atoms with Crippen LogP contribution >= 0.6 is 0 Å². The Morgan fingerprint density at radius 1 is 0.222 bits per heavy atom. The molecule has 0 heterocycles. The lowest BCUT2D eigenvalue weighted by atomic mass is 10.0. The molecule has 0 aliphatic rings. The van der Waals surface area contributed by atoms with Gasteiger partial charge in [0.1, 0.15) is 0 Å². The van der Waals surface area contributed by atoms with Gasteiger partial charge in [-0.3, -0.25) is 0 Å². The van der Waals surface area contributed by atoms with Crippen LogP contribution in [0.25, 0.3) is 0 Å². The van der Waals surface area contributed by atoms with E-state index < -0.39 is 0 Å². The van der Waals surface area contributed by atoms with E-state index in [4.69, 9.17) is 0 Å². The molecule has 0 saturated carbocycles. The van der Waals surface area contributed by atoms with Crippen LogP contribution in [0, 0.1) is 0 Å². The molecule has 0 aromatic rings. The average molecular weight is 508 g/mol. The number of nitrogens with one attached hydrogen (secondary N) is 1. The van der Waals surface area contributed by atoms with Crippen LogP contribution in [0.3, 0.4) is 0 Å². The second-order valence-electron chi connectivity index (χ2n) is 12.0. The van der Waals surface area contributed by atoms with Gasteiger partial charge >= 0.3 is 0 Å². The number of hydrogen-bond acceptors (Lipinski definition) is 1. The lowest BCUT2D eigenvalue weighted by Crippen LogP contribution is -2.16. The maximum atomic E-state index is 3.68. The Morgan fingerprint density at radius 2 is 0.389 bits per heavy atom. The highest BCUT2D eigenvalue weighted by Gasteiger charge is 1.96. The molecule has 36 heavy (non-hydrogen) atoms. The Morgan fingerprint density at radius 3 is 0.583 bits per heavy atom. The first-order valence-corrected chi connectivity index (χ1v) is 17.6. The first-order chi connectivity index (χ1) is 17.9. The van der Waals surface area contributed by atoms with Crippen LogP contribution in [-0.4, -0.2) is 13.1 Å². The predicted octanol–water partition coefficient (Wildman–Crippen LogP) is 12.7. The van der Waals surface area contributed by atoms with Gasteiger partial charge in [0.2, 0.25) is 0 Å². The Balaban J connectivity index is 3.00. The summed E-state index contributed by atoms with van der Waals surface area (Å²) in [5.74, 6) is 0. The molecule has 0 aliphatic heterocycles. The third-order valence-electron chi connectivity index (χ3n) is 8.16. The summed E-state index contributed by atoms with van der Waals surface area (Å²) in [4.78, 5) is 0. The summed E-state index contributed by atoms with van der Waals surface area (Å²) in [5.41, 5.74) is 0. The monoisotopic (exact) mass is 508 g/mol. The minimum atomic E-state index is 1.25. The van der Waals surface area contributed by atoms with E-state index in [-0.39, 0.29) is 0 Å². The van der Waals surface area contributed by atoms with E-state index in [9.17, 15) is 0 Å². The molecule has 0 aromatic heterocycles. The molecule has 0 unspecified atom stereocenters. The molecule has 0 atom stereocenters. The molecule has 0 bridgehead atoms. The van der Waals surface area contributed by atoms with Crippen molar-refractivity contribution in [3.8, 4) is 0 Å². The van der Waals surface area contributed by atoms with E-state index in [1.165, 1.54) is 212 Å². The third-order valence-corrected chi connectivity index (χ3v) is 8.16. The fourth-order valence-corrected chi connectivity index (χ4v) is 5.54. The van der Waals surface area contributed by atoms with Crippen molar-refractivity contribution in [2.75, 3.05) is 13.1 Å². The van der Waals surface area contributed by atoms with Crippen LogP contribution in [0.1, 0.15) is 213 Å². The first kappa shape index (κ1) is 36.0. The van der Waals surface area contributed by atoms with Gasteiger partial charge in [0.15, 0.2) is 0 Å². The highest BCUT2D eigenvalue weighted by molar-refractivity contribution is 4.54. The summed E-state index contributed by atoms with van der Waals surface area (Å²) in [6, 6.07) is 0. The van der Waals surface area contributed by atoms with Crippen molar-refractivity contribution in [1.29, 1.82) is 0 Å². The second-order valence-corrected chi connectivity index (χ2v) is 12.0. The van der Waals surface area contributed by atoms with Gasteiger partial charge in [0.05, 0.1) is 0 Å². The molecule has 0 aliphatic carbocycles. The van der Waals surface area contributed by atoms with Crippen molar-refractivity contribution in [2.24, 2.45) is 0 Å². The first-order valence-electron chi connectivity index (χ1n) is 17.6. The number of unbranched alkanes of at least 4 members (excludes halogenated alkanes) is 29. The zero-order valence-electron chi connectivity index (χ0n) is 25.8. The van der Waals surface area contributed by atoms with E-state index in [1.54, 1.807) is 0 Å². The van der Waals surface area contributed by atoms with E-state index in [0.717, 1.165) is 0 Å². The molecular weight excluding hydrogens is 434 g/mol. The van der Waals surface area contributed by atoms with E-state index in [0.29, 0.717) is 0 Å². The van der Waals surface area contributed by atoms with Gasteiger partial charge in [-0.2, -0.15) is 0 Å². The highest BCUT2D eigenvalue weighted by Crippen LogP contribution is 2.15. The summed E-state index contributed by atoms with van der Waals surface area (Å²) in [5, 5.41) is 3.68. The molecule has 0 aromatic carbocycles. The summed E-state index contributed by atoms with van der Waals surface area (Å²) in [7, 11) is 0. The summed E-state index contributed by atoms with van der Waals surface area (Å²) >= 11 is 0.